The number of nitrogens with one attached hydrogen (secondary N) is 1. The lowest BCUT2D eigenvalue weighted by molar-refractivity contribution is 0.0836. The van der Waals surface area contributed by atoms with Gasteiger partial charge in [-0.05, 0) is 19.8 Å². The highest BCUT2D eigenvalue weighted by atomic mass is 16.5. The van der Waals surface area contributed by atoms with Crippen LogP contribution in [0.15, 0.2) is 6.20 Å². The Hall–Kier alpha value is -1.82. The van der Waals surface area contributed by atoms with Crippen molar-refractivity contribution in [2.75, 3.05) is 13.2 Å². The lowest BCUT2D eigenvalue weighted by Crippen LogP contribution is -2.15. The second-order valence-corrected chi connectivity index (χ2v) is 5.81. The smallest absolute Gasteiger partial charge is 0.184 e. The molecule has 0 amide bonds. The van der Waals surface area contributed by atoms with E-state index in [0.29, 0.717) is 17.7 Å². The van der Waals surface area contributed by atoms with Crippen LogP contribution in [0.3, 0.4) is 0 Å². The summed E-state index contributed by atoms with van der Waals surface area (Å²) < 4.78 is 5.39. The number of ether oxygens (including phenoxy) is 1. The Bertz CT molecular complexity index is 616. The van der Waals surface area contributed by atoms with Gasteiger partial charge in [0.25, 0.3) is 0 Å². The molecule has 3 heterocycles. The Morgan fingerprint density at radius 3 is 2.67 bits per heavy atom. The average Bonchev–Trinajstić information content (AvgIpc) is 2.97. The molecule has 1 N–H and O–H groups in total. The Kier molecular flexibility index (Phi) is 3.96. The van der Waals surface area contributed by atoms with Gasteiger partial charge in [-0.25, -0.2) is 15.0 Å². The van der Waals surface area contributed by atoms with Crippen LogP contribution in [0.5, 0.6) is 0 Å². The molecule has 0 bridgehead atoms. The van der Waals surface area contributed by atoms with E-state index in [1.54, 1.807) is 0 Å². The number of aromatic amines is 1. The summed E-state index contributed by atoms with van der Waals surface area (Å²) in [6.45, 7) is 7.75. The molecule has 2 aromatic rings. The van der Waals surface area contributed by atoms with Crippen LogP contribution >= 0.6 is 0 Å². The van der Waals surface area contributed by atoms with Crippen molar-refractivity contribution in [2.45, 2.75) is 45.4 Å². The number of H-pyrrole nitrogens is 1. The summed E-state index contributed by atoms with van der Waals surface area (Å²) in [7, 11) is 0. The minimum absolute atomic E-state index is 0.322. The van der Waals surface area contributed by atoms with Gasteiger partial charge in [-0.3, -0.25) is 5.10 Å². The molecule has 6 heteroatoms. The molecule has 0 aliphatic carbocycles. The molecule has 0 spiro atoms. The van der Waals surface area contributed by atoms with Gasteiger partial charge in [0.1, 0.15) is 11.6 Å². The van der Waals surface area contributed by atoms with Crippen LogP contribution < -0.4 is 0 Å². The van der Waals surface area contributed by atoms with E-state index in [1.165, 1.54) is 0 Å². The number of aryl methyl sites for hydroxylation is 1. The fourth-order valence-electron chi connectivity index (χ4n) is 2.53. The van der Waals surface area contributed by atoms with E-state index < -0.39 is 0 Å². The maximum Gasteiger partial charge on any atom is 0.184 e. The number of hydrogen-bond donors (Lipinski definition) is 1. The predicted octanol–water partition coefficient (Wildman–Crippen LogP) is 2.59. The van der Waals surface area contributed by atoms with Crippen molar-refractivity contribution in [3.63, 3.8) is 0 Å². The van der Waals surface area contributed by atoms with Crippen LogP contribution in [-0.4, -0.2) is 38.4 Å². The molecular weight excluding hydrogens is 266 g/mol. The molecule has 1 fully saturated rings. The second kappa shape index (κ2) is 5.89. The van der Waals surface area contributed by atoms with E-state index >= 15 is 0 Å². The first-order valence-corrected chi connectivity index (χ1v) is 7.49. The first-order valence-electron chi connectivity index (χ1n) is 7.49. The SMILES string of the molecule is Cc1nc(C(C)C)ncc1-c1n[nH]c(C2CCOCC2)n1. The van der Waals surface area contributed by atoms with Gasteiger partial charge in [-0.1, -0.05) is 13.8 Å². The van der Waals surface area contributed by atoms with E-state index in [2.05, 4.69) is 39.0 Å². The third-order valence-electron chi connectivity index (χ3n) is 3.87. The van der Waals surface area contributed by atoms with Crippen molar-refractivity contribution in [1.82, 2.24) is 25.1 Å². The van der Waals surface area contributed by atoms with Crippen molar-refractivity contribution < 1.29 is 4.74 Å². The average molecular weight is 287 g/mol. The molecule has 1 aliphatic rings. The van der Waals surface area contributed by atoms with Crippen LogP contribution in [0.1, 0.15) is 55.9 Å². The fraction of sp³-hybridized carbons (Fsp3) is 0.600. The Morgan fingerprint density at radius 2 is 2.00 bits per heavy atom. The summed E-state index contributed by atoms with van der Waals surface area (Å²) in [5.41, 5.74) is 1.82. The molecule has 0 radical (unpaired) electrons. The van der Waals surface area contributed by atoms with Crippen molar-refractivity contribution in [3.8, 4) is 11.4 Å². The third-order valence-corrected chi connectivity index (χ3v) is 3.87. The Labute approximate surface area is 124 Å². The zero-order valence-corrected chi connectivity index (χ0v) is 12.8. The van der Waals surface area contributed by atoms with E-state index in [0.717, 1.165) is 49.0 Å². The number of hydrogen-bond acceptors (Lipinski definition) is 5. The molecule has 0 atom stereocenters. The van der Waals surface area contributed by atoms with E-state index in [4.69, 9.17) is 4.74 Å². The normalized spacial score (nSPS) is 16.6. The van der Waals surface area contributed by atoms with E-state index in [-0.39, 0.29) is 0 Å². The van der Waals surface area contributed by atoms with Gasteiger partial charge in [-0.2, -0.15) is 5.10 Å². The lowest BCUT2D eigenvalue weighted by atomic mass is 10.00. The summed E-state index contributed by atoms with van der Waals surface area (Å²) in [5.74, 6) is 3.22. The van der Waals surface area contributed by atoms with Crippen molar-refractivity contribution in [2.24, 2.45) is 0 Å². The van der Waals surface area contributed by atoms with Crippen LogP contribution in [0.2, 0.25) is 0 Å². The highest BCUT2D eigenvalue weighted by Crippen LogP contribution is 2.26. The topological polar surface area (TPSA) is 76.6 Å². The van der Waals surface area contributed by atoms with Gasteiger partial charge >= 0.3 is 0 Å². The largest absolute Gasteiger partial charge is 0.381 e. The molecule has 112 valence electrons. The molecule has 0 saturated carbocycles. The highest BCUT2D eigenvalue weighted by molar-refractivity contribution is 5.56. The van der Waals surface area contributed by atoms with Gasteiger partial charge < -0.3 is 4.74 Å². The lowest BCUT2D eigenvalue weighted by Gasteiger charge is -2.19. The molecule has 2 aromatic heterocycles. The Morgan fingerprint density at radius 1 is 1.24 bits per heavy atom. The van der Waals surface area contributed by atoms with Gasteiger partial charge in [0.05, 0.1) is 11.3 Å². The zero-order chi connectivity index (χ0) is 14.8. The maximum atomic E-state index is 5.39. The molecule has 3 rings (SSSR count). The van der Waals surface area contributed by atoms with Crippen LogP contribution in [-0.2, 0) is 4.74 Å². The number of aromatic nitrogens is 5. The zero-order valence-electron chi connectivity index (χ0n) is 12.8. The van der Waals surface area contributed by atoms with Crippen LogP contribution in [0, 0.1) is 6.92 Å². The number of rotatable bonds is 3. The molecule has 1 aliphatic heterocycles. The summed E-state index contributed by atoms with van der Waals surface area (Å²) >= 11 is 0. The highest BCUT2D eigenvalue weighted by Gasteiger charge is 2.20. The second-order valence-electron chi connectivity index (χ2n) is 5.81. The molecule has 6 nitrogen and oxygen atoms in total. The van der Waals surface area contributed by atoms with Gasteiger partial charge in [0.2, 0.25) is 0 Å². The standard InChI is InChI=1S/C15H21N5O/c1-9(2)13-16-8-12(10(3)17-13)15-18-14(19-20-15)11-4-6-21-7-5-11/h8-9,11H,4-7H2,1-3H3,(H,18,19,20). The molecule has 1 saturated heterocycles. The quantitative estimate of drug-likeness (QED) is 0.939. The Balaban J connectivity index is 1.85. The summed E-state index contributed by atoms with van der Waals surface area (Å²) in [6, 6.07) is 0. The molecule has 0 aromatic carbocycles. The van der Waals surface area contributed by atoms with Crippen LogP contribution in [0.4, 0.5) is 0 Å². The summed E-state index contributed by atoms with van der Waals surface area (Å²) in [4.78, 5) is 13.6. The minimum Gasteiger partial charge on any atom is -0.381 e. The van der Waals surface area contributed by atoms with E-state index in [9.17, 15) is 0 Å². The number of nitrogens with zero attached hydrogens (tertiary/aromatic N) is 4. The summed E-state index contributed by atoms with van der Waals surface area (Å²) in [5, 5.41) is 7.41. The first-order chi connectivity index (χ1) is 10.1. The molecule has 0 unspecified atom stereocenters. The van der Waals surface area contributed by atoms with Crippen molar-refractivity contribution in [1.29, 1.82) is 0 Å². The first kappa shape index (κ1) is 14.1. The maximum absolute atomic E-state index is 5.39. The van der Waals surface area contributed by atoms with Crippen molar-refractivity contribution in [3.05, 3.63) is 23.5 Å². The minimum atomic E-state index is 0.322. The van der Waals surface area contributed by atoms with Crippen LogP contribution in [0.25, 0.3) is 11.4 Å². The summed E-state index contributed by atoms with van der Waals surface area (Å²) in [6.07, 6.45) is 3.82. The molecular formula is C15H21N5O. The van der Waals surface area contributed by atoms with Gasteiger partial charge in [0.15, 0.2) is 5.82 Å². The monoisotopic (exact) mass is 287 g/mol. The van der Waals surface area contributed by atoms with Crippen molar-refractivity contribution >= 4 is 0 Å². The third kappa shape index (κ3) is 2.95. The molecule has 21 heavy (non-hydrogen) atoms. The predicted molar refractivity (Wildman–Crippen MR) is 79.0 cm³/mol. The van der Waals surface area contributed by atoms with E-state index in [1.807, 2.05) is 13.1 Å². The van der Waals surface area contributed by atoms with Gasteiger partial charge in [-0.15, -0.1) is 0 Å². The van der Waals surface area contributed by atoms with Gasteiger partial charge in [0, 0.05) is 31.2 Å². The fourth-order valence-corrected chi connectivity index (χ4v) is 2.53.